The number of nitrogens with zero attached hydrogens (tertiary/aromatic N) is 2. The minimum atomic E-state index is -0.347. The van der Waals surface area contributed by atoms with E-state index in [-0.39, 0.29) is 17.8 Å². The van der Waals surface area contributed by atoms with E-state index in [1.165, 1.54) is 12.1 Å². The highest BCUT2D eigenvalue weighted by Gasteiger charge is 2.33. The second-order valence-electron chi connectivity index (χ2n) is 4.92. The van der Waals surface area contributed by atoms with Gasteiger partial charge in [-0.15, -0.1) is 0 Å². The largest absolute Gasteiger partial charge is 0.379 e. The number of rotatable bonds is 4. The molecule has 0 aliphatic carbocycles. The lowest BCUT2D eigenvalue weighted by Gasteiger charge is -2.13. The van der Waals surface area contributed by atoms with Gasteiger partial charge in [0, 0.05) is 16.1 Å². The maximum Gasteiger partial charge on any atom is 0.234 e. The summed E-state index contributed by atoms with van der Waals surface area (Å²) >= 11 is 3.26. The molecule has 1 aromatic heterocycles. The molecule has 0 saturated carbocycles. The lowest BCUT2D eigenvalue weighted by molar-refractivity contribution is 0.185. The van der Waals surface area contributed by atoms with Gasteiger partial charge in [-0.2, -0.15) is 4.98 Å². The van der Waals surface area contributed by atoms with Crippen molar-refractivity contribution in [2.75, 3.05) is 19.8 Å². The molecule has 1 aromatic carbocycles. The molecule has 2 heterocycles. The fourth-order valence-corrected chi connectivity index (χ4v) is 2.91. The molecule has 3 rings (SSSR count). The first-order valence-electron chi connectivity index (χ1n) is 6.78. The molecule has 1 N–H and O–H groups in total. The maximum atomic E-state index is 13.4. The van der Waals surface area contributed by atoms with E-state index in [1.807, 2.05) is 6.92 Å². The summed E-state index contributed by atoms with van der Waals surface area (Å²) in [6.07, 6.45) is 0. The van der Waals surface area contributed by atoms with Crippen LogP contribution in [-0.4, -0.2) is 35.9 Å². The molecule has 5 nitrogen and oxygen atoms in total. The minimum absolute atomic E-state index is 0.0307. The smallest absolute Gasteiger partial charge is 0.234 e. The SMILES string of the molecule is CCNC1COCC1c1nc(-c2cc(F)cc(Br)c2)no1. The Morgan fingerprint density at radius 1 is 1.38 bits per heavy atom. The first kappa shape index (κ1) is 14.6. The second-order valence-corrected chi connectivity index (χ2v) is 5.84. The Labute approximate surface area is 130 Å². The van der Waals surface area contributed by atoms with E-state index in [2.05, 4.69) is 31.4 Å². The third-order valence-corrected chi connectivity index (χ3v) is 3.88. The third-order valence-electron chi connectivity index (χ3n) is 3.43. The van der Waals surface area contributed by atoms with Crippen molar-refractivity contribution in [1.82, 2.24) is 15.5 Å². The van der Waals surface area contributed by atoms with Crippen molar-refractivity contribution in [3.63, 3.8) is 0 Å². The minimum Gasteiger partial charge on any atom is -0.379 e. The number of benzene rings is 1. The van der Waals surface area contributed by atoms with Crippen LogP contribution >= 0.6 is 15.9 Å². The molecule has 1 aliphatic heterocycles. The summed E-state index contributed by atoms with van der Waals surface area (Å²) in [7, 11) is 0. The summed E-state index contributed by atoms with van der Waals surface area (Å²) in [4.78, 5) is 4.39. The average molecular weight is 356 g/mol. The van der Waals surface area contributed by atoms with E-state index in [4.69, 9.17) is 9.26 Å². The van der Waals surface area contributed by atoms with Crippen LogP contribution in [0.4, 0.5) is 4.39 Å². The molecule has 112 valence electrons. The van der Waals surface area contributed by atoms with Crippen LogP contribution in [-0.2, 0) is 4.74 Å². The summed E-state index contributed by atoms with van der Waals surface area (Å²) < 4.78 is 24.9. The van der Waals surface area contributed by atoms with E-state index in [0.717, 1.165) is 6.54 Å². The number of hydrogen-bond acceptors (Lipinski definition) is 5. The number of likely N-dealkylation sites (N-methyl/N-ethyl adjacent to an activating group) is 1. The van der Waals surface area contributed by atoms with Crippen molar-refractivity contribution in [2.45, 2.75) is 18.9 Å². The van der Waals surface area contributed by atoms with Gasteiger partial charge in [0.05, 0.1) is 19.1 Å². The predicted molar refractivity (Wildman–Crippen MR) is 78.4 cm³/mol. The van der Waals surface area contributed by atoms with Crippen LogP contribution in [0.15, 0.2) is 27.2 Å². The number of halogens is 2. The van der Waals surface area contributed by atoms with Crippen molar-refractivity contribution in [1.29, 1.82) is 0 Å². The number of hydrogen-bond donors (Lipinski definition) is 1. The quantitative estimate of drug-likeness (QED) is 0.913. The third kappa shape index (κ3) is 3.14. The fraction of sp³-hybridized carbons (Fsp3) is 0.429. The molecule has 2 aromatic rings. The van der Waals surface area contributed by atoms with Gasteiger partial charge < -0.3 is 14.6 Å². The zero-order chi connectivity index (χ0) is 14.8. The van der Waals surface area contributed by atoms with Crippen LogP contribution in [0.1, 0.15) is 18.7 Å². The van der Waals surface area contributed by atoms with Crippen LogP contribution in [0.5, 0.6) is 0 Å². The molecule has 1 fully saturated rings. The molecular weight excluding hydrogens is 341 g/mol. The van der Waals surface area contributed by atoms with Crippen LogP contribution in [0.2, 0.25) is 0 Å². The van der Waals surface area contributed by atoms with Gasteiger partial charge in [-0.05, 0) is 24.7 Å². The van der Waals surface area contributed by atoms with Gasteiger partial charge in [0.15, 0.2) is 0 Å². The zero-order valence-electron chi connectivity index (χ0n) is 11.5. The number of nitrogens with one attached hydrogen (secondary N) is 1. The number of ether oxygens (including phenoxy) is 1. The van der Waals surface area contributed by atoms with Gasteiger partial charge in [0.25, 0.3) is 0 Å². The monoisotopic (exact) mass is 355 g/mol. The lowest BCUT2D eigenvalue weighted by atomic mass is 10.0. The van der Waals surface area contributed by atoms with Crippen LogP contribution in [0.25, 0.3) is 11.4 Å². The molecule has 2 atom stereocenters. The Morgan fingerprint density at radius 3 is 3.00 bits per heavy atom. The summed E-state index contributed by atoms with van der Waals surface area (Å²) in [5.74, 6) is 0.588. The Morgan fingerprint density at radius 2 is 2.24 bits per heavy atom. The molecule has 0 amide bonds. The molecule has 1 aliphatic rings. The molecule has 0 spiro atoms. The molecule has 2 unspecified atom stereocenters. The topological polar surface area (TPSA) is 60.2 Å². The first-order valence-corrected chi connectivity index (χ1v) is 7.58. The number of aromatic nitrogens is 2. The van der Waals surface area contributed by atoms with Gasteiger partial charge in [0.2, 0.25) is 11.7 Å². The van der Waals surface area contributed by atoms with Crippen molar-refractivity contribution in [2.24, 2.45) is 0 Å². The maximum absolute atomic E-state index is 13.4. The standard InChI is InChI=1S/C14H15BrFN3O2/c1-2-17-12-7-20-6-11(12)14-18-13(19-21-14)8-3-9(15)5-10(16)4-8/h3-5,11-12,17H,2,6-7H2,1H3. The van der Waals surface area contributed by atoms with E-state index >= 15 is 0 Å². The Hall–Kier alpha value is -1.31. The van der Waals surface area contributed by atoms with Gasteiger partial charge in [-0.1, -0.05) is 28.0 Å². The Kier molecular flexibility index (Phi) is 4.32. The summed E-state index contributed by atoms with van der Waals surface area (Å²) in [5, 5.41) is 7.29. The summed E-state index contributed by atoms with van der Waals surface area (Å²) in [6.45, 7) is 4.06. The van der Waals surface area contributed by atoms with E-state index in [0.29, 0.717) is 35.0 Å². The molecule has 0 bridgehead atoms. The van der Waals surface area contributed by atoms with Crippen LogP contribution < -0.4 is 5.32 Å². The molecule has 7 heteroatoms. The van der Waals surface area contributed by atoms with Crippen LogP contribution in [0.3, 0.4) is 0 Å². The first-order chi connectivity index (χ1) is 10.2. The zero-order valence-corrected chi connectivity index (χ0v) is 13.1. The predicted octanol–water partition coefficient (Wildman–Crippen LogP) is 2.73. The van der Waals surface area contributed by atoms with Gasteiger partial charge in [0.1, 0.15) is 5.82 Å². The van der Waals surface area contributed by atoms with Crippen molar-refractivity contribution in [3.05, 3.63) is 34.4 Å². The van der Waals surface area contributed by atoms with Crippen molar-refractivity contribution >= 4 is 15.9 Å². The summed E-state index contributed by atoms with van der Waals surface area (Å²) in [6, 6.07) is 4.69. The second kappa shape index (κ2) is 6.21. The molecule has 21 heavy (non-hydrogen) atoms. The van der Waals surface area contributed by atoms with E-state index in [9.17, 15) is 4.39 Å². The lowest BCUT2D eigenvalue weighted by Crippen LogP contribution is -2.34. The molecular formula is C14H15BrFN3O2. The molecule has 0 radical (unpaired) electrons. The Bertz CT molecular complexity index is 614. The van der Waals surface area contributed by atoms with Crippen LogP contribution in [0, 0.1) is 5.82 Å². The highest BCUT2D eigenvalue weighted by Crippen LogP contribution is 2.28. The van der Waals surface area contributed by atoms with Gasteiger partial charge >= 0.3 is 0 Å². The fourth-order valence-electron chi connectivity index (χ4n) is 2.45. The normalized spacial score (nSPS) is 21.9. The highest BCUT2D eigenvalue weighted by atomic mass is 79.9. The highest BCUT2D eigenvalue weighted by molar-refractivity contribution is 9.10. The van der Waals surface area contributed by atoms with Gasteiger partial charge in [-0.3, -0.25) is 0 Å². The molecule has 1 saturated heterocycles. The van der Waals surface area contributed by atoms with Crippen molar-refractivity contribution in [3.8, 4) is 11.4 Å². The van der Waals surface area contributed by atoms with Gasteiger partial charge in [-0.25, -0.2) is 4.39 Å². The summed E-state index contributed by atoms with van der Waals surface area (Å²) in [5.41, 5.74) is 0.579. The van der Waals surface area contributed by atoms with E-state index < -0.39 is 0 Å². The average Bonchev–Trinajstić information content (AvgIpc) is 3.06. The van der Waals surface area contributed by atoms with Crippen molar-refractivity contribution < 1.29 is 13.7 Å². The van der Waals surface area contributed by atoms with E-state index in [1.54, 1.807) is 6.07 Å². The Balaban J connectivity index is 1.86.